The highest BCUT2D eigenvalue weighted by Crippen LogP contribution is 2.26. The number of rotatable bonds is 13. The molecule has 190 valence electrons. The summed E-state index contributed by atoms with van der Waals surface area (Å²) in [6.07, 6.45) is 10.8. The monoisotopic (exact) mass is 488 g/mol. The van der Waals surface area contributed by atoms with Crippen LogP contribution in [0.2, 0.25) is 0 Å². The van der Waals surface area contributed by atoms with Crippen LogP contribution in [0, 0.1) is 0 Å². The van der Waals surface area contributed by atoms with E-state index in [0.717, 1.165) is 45.1 Å². The molecule has 0 N–H and O–H groups in total. The number of aryl methyl sites for hydroxylation is 5. The van der Waals surface area contributed by atoms with Crippen molar-refractivity contribution in [3.63, 3.8) is 0 Å². The molecule has 0 aromatic heterocycles. The Bertz CT molecular complexity index is 1230. The average Bonchev–Trinajstić information content (AvgIpc) is 2.96. The van der Waals surface area contributed by atoms with E-state index in [9.17, 15) is 0 Å². The van der Waals surface area contributed by atoms with Gasteiger partial charge in [-0.1, -0.05) is 109 Å². The van der Waals surface area contributed by atoms with Crippen LogP contribution in [-0.2, 0) is 43.4 Å². The third-order valence-electron chi connectivity index (χ3n) is 6.99. The van der Waals surface area contributed by atoms with Gasteiger partial charge in [-0.3, -0.25) is 0 Å². The molecular weight excluding hydrogens is 448 g/mol. The Morgan fingerprint density at radius 2 is 1.14 bits per heavy atom. The van der Waals surface area contributed by atoms with Crippen molar-refractivity contribution < 1.29 is 4.74 Å². The minimum atomic E-state index is 0.673. The summed E-state index contributed by atoms with van der Waals surface area (Å²) in [5.74, 6) is 0. The molecule has 0 aliphatic rings. The fraction of sp³-hybridized carbons (Fsp3) is 0.278. The summed E-state index contributed by atoms with van der Waals surface area (Å²) in [4.78, 5) is 0. The Morgan fingerprint density at radius 3 is 1.70 bits per heavy atom. The third-order valence-corrected chi connectivity index (χ3v) is 6.99. The lowest BCUT2D eigenvalue weighted by Crippen LogP contribution is -1.99. The molecule has 4 rings (SSSR count). The SMILES string of the molecule is CC=CCCc1ccc(CCc2ccc(CCc3cc(COCC)ccc3-c3ccccc3)cc2)cc1. The summed E-state index contributed by atoms with van der Waals surface area (Å²) in [5.41, 5.74) is 10.9. The van der Waals surface area contributed by atoms with Crippen molar-refractivity contribution >= 4 is 0 Å². The molecular formula is C36H40O. The maximum Gasteiger partial charge on any atom is 0.0716 e. The molecule has 1 nitrogen and oxygen atoms in total. The molecule has 0 aliphatic carbocycles. The van der Waals surface area contributed by atoms with Crippen LogP contribution in [0.4, 0.5) is 0 Å². The molecule has 4 aromatic carbocycles. The first-order valence-electron chi connectivity index (χ1n) is 13.8. The van der Waals surface area contributed by atoms with Crippen LogP contribution in [0.1, 0.15) is 53.6 Å². The van der Waals surface area contributed by atoms with Gasteiger partial charge in [0.2, 0.25) is 0 Å². The van der Waals surface area contributed by atoms with Crippen LogP contribution in [0.25, 0.3) is 11.1 Å². The van der Waals surface area contributed by atoms with E-state index in [1.54, 1.807) is 0 Å². The van der Waals surface area contributed by atoms with Gasteiger partial charge in [0.05, 0.1) is 6.61 Å². The second-order valence-electron chi connectivity index (χ2n) is 9.74. The zero-order valence-electron chi connectivity index (χ0n) is 22.5. The standard InChI is InChI=1S/C36H40O/c1-3-5-7-10-29-13-15-30(16-14-29)17-18-31-19-21-32(22-20-31)23-25-35-27-33(28-37-4-2)24-26-36(35)34-11-8-6-9-12-34/h3,5-6,8-9,11-16,19-22,24,26-27H,4,7,10,17-18,23,25,28H2,1-2H3. The van der Waals surface area contributed by atoms with Crippen molar-refractivity contribution in [2.75, 3.05) is 6.61 Å². The first-order chi connectivity index (χ1) is 18.2. The fourth-order valence-corrected chi connectivity index (χ4v) is 4.79. The summed E-state index contributed by atoms with van der Waals surface area (Å²) < 4.78 is 5.67. The number of benzene rings is 4. The van der Waals surface area contributed by atoms with Crippen LogP contribution < -0.4 is 0 Å². The lowest BCUT2D eigenvalue weighted by Gasteiger charge is -2.13. The predicted octanol–water partition coefficient (Wildman–Crippen LogP) is 8.97. The largest absolute Gasteiger partial charge is 0.377 e. The Kier molecular flexibility index (Phi) is 10.3. The predicted molar refractivity (Wildman–Crippen MR) is 158 cm³/mol. The van der Waals surface area contributed by atoms with E-state index in [-0.39, 0.29) is 0 Å². The van der Waals surface area contributed by atoms with Crippen LogP contribution in [0.5, 0.6) is 0 Å². The lowest BCUT2D eigenvalue weighted by molar-refractivity contribution is 0.134. The molecule has 37 heavy (non-hydrogen) atoms. The third kappa shape index (κ3) is 8.30. The van der Waals surface area contributed by atoms with Gasteiger partial charge in [0.25, 0.3) is 0 Å². The van der Waals surface area contributed by atoms with E-state index in [0.29, 0.717) is 6.61 Å². The first-order valence-corrected chi connectivity index (χ1v) is 13.8. The molecule has 0 bridgehead atoms. The zero-order valence-corrected chi connectivity index (χ0v) is 22.5. The van der Waals surface area contributed by atoms with E-state index in [2.05, 4.69) is 116 Å². The van der Waals surface area contributed by atoms with E-state index >= 15 is 0 Å². The molecule has 0 saturated heterocycles. The molecule has 0 saturated carbocycles. The average molecular weight is 489 g/mol. The molecule has 0 radical (unpaired) electrons. The summed E-state index contributed by atoms with van der Waals surface area (Å²) in [7, 11) is 0. The van der Waals surface area contributed by atoms with Crippen molar-refractivity contribution in [1.29, 1.82) is 0 Å². The molecule has 0 spiro atoms. The highest BCUT2D eigenvalue weighted by Gasteiger charge is 2.08. The second-order valence-corrected chi connectivity index (χ2v) is 9.74. The molecule has 0 unspecified atom stereocenters. The number of ether oxygens (including phenoxy) is 1. The zero-order chi connectivity index (χ0) is 25.7. The van der Waals surface area contributed by atoms with Crippen molar-refractivity contribution in [1.82, 2.24) is 0 Å². The van der Waals surface area contributed by atoms with Crippen molar-refractivity contribution in [3.8, 4) is 11.1 Å². The highest BCUT2D eigenvalue weighted by atomic mass is 16.5. The van der Waals surface area contributed by atoms with Crippen LogP contribution in [-0.4, -0.2) is 6.61 Å². The van der Waals surface area contributed by atoms with Crippen molar-refractivity contribution in [2.24, 2.45) is 0 Å². The summed E-state index contributed by atoms with van der Waals surface area (Å²) in [6, 6.07) is 35.9. The minimum Gasteiger partial charge on any atom is -0.377 e. The molecule has 0 fully saturated rings. The number of allylic oxidation sites excluding steroid dienone is 2. The molecule has 4 aromatic rings. The summed E-state index contributed by atoms with van der Waals surface area (Å²) in [6.45, 7) is 5.54. The van der Waals surface area contributed by atoms with E-state index in [1.807, 2.05) is 6.92 Å². The smallest absolute Gasteiger partial charge is 0.0716 e. The molecule has 1 heteroatoms. The van der Waals surface area contributed by atoms with Crippen LogP contribution >= 0.6 is 0 Å². The summed E-state index contributed by atoms with van der Waals surface area (Å²) in [5, 5.41) is 0. The van der Waals surface area contributed by atoms with Gasteiger partial charge in [-0.25, -0.2) is 0 Å². The van der Waals surface area contributed by atoms with E-state index in [1.165, 1.54) is 44.5 Å². The van der Waals surface area contributed by atoms with Gasteiger partial charge < -0.3 is 4.74 Å². The number of hydrogen-bond donors (Lipinski definition) is 0. The molecule has 0 amide bonds. The minimum absolute atomic E-state index is 0.673. The van der Waals surface area contributed by atoms with Crippen LogP contribution in [0.15, 0.2) is 109 Å². The number of hydrogen-bond acceptors (Lipinski definition) is 1. The van der Waals surface area contributed by atoms with E-state index in [4.69, 9.17) is 4.74 Å². The van der Waals surface area contributed by atoms with Gasteiger partial charge in [-0.2, -0.15) is 0 Å². The highest BCUT2D eigenvalue weighted by molar-refractivity contribution is 5.68. The Morgan fingerprint density at radius 1 is 0.595 bits per heavy atom. The Balaban J connectivity index is 1.35. The maximum atomic E-state index is 5.67. The maximum absolute atomic E-state index is 5.67. The summed E-state index contributed by atoms with van der Waals surface area (Å²) >= 11 is 0. The van der Waals surface area contributed by atoms with Crippen molar-refractivity contribution in [2.45, 2.75) is 59.0 Å². The van der Waals surface area contributed by atoms with Gasteiger partial charge in [-0.15, -0.1) is 0 Å². The van der Waals surface area contributed by atoms with Gasteiger partial charge in [0, 0.05) is 6.61 Å². The van der Waals surface area contributed by atoms with Crippen molar-refractivity contribution in [3.05, 3.63) is 143 Å². The first kappa shape index (κ1) is 26.6. The van der Waals surface area contributed by atoms with Gasteiger partial charge in [0.15, 0.2) is 0 Å². The van der Waals surface area contributed by atoms with E-state index < -0.39 is 0 Å². The fourth-order valence-electron chi connectivity index (χ4n) is 4.79. The van der Waals surface area contributed by atoms with Gasteiger partial charge in [0.1, 0.15) is 0 Å². The van der Waals surface area contributed by atoms with Crippen LogP contribution in [0.3, 0.4) is 0 Å². The molecule has 0 atom stereocenters. The van der Waals surface area contributed by atoms with Gasteiger partial charge in [-0.05, 0) is 96.9 Å². The van der Waals surface area contributed by atoms with Gasteiger partial charge >= 0.3 is 0 Å². The quantitative estimate of drug-likeness (QED) is 0.171. The Hall–Kier alpha value is -3.42. The Labute approximate surface area is 223 Å². The second kappa shape index (κ2) is 14.4. The topological polar surface area (TPSA) is 9.23 Å². The molecule has 0 heterocycles. The molecule has 0 aliphatic heterocycles. The normalized spacial score (nSPS) is 11.3. The lowest BCUT2D eigenvalue weighted by atomic mass is 9.93.